The maximum atomic E-state index is 12.3. The van der Waals surface area contributed by atoms with Gasteiger partial charge in [0.05, 0.1) is 21.3 Å². The fourth-order valence-electron chi connectivity index (χ4n) is 2.09. The van der Waals surface area contributed by atoms with Gasteiger partial charge in [0.2, 0.25) is 0 Å². The molecule has 3 rings (SSSR count). The largest absolute Gasteiger partial charge is 0.330 e. The van der Waals surface area contributed by atoms with Gasteiger partial charge in [-0.15, -0.1) is 11.3 Å². The van der Waals surface area contributed by atoms with Crippen LogP contribution in [0.5, 0.6) is 0 Å². The number of carbonyl (C=O) groups excluding carboxylic acids is 1. The van der Waals surface area contributed by atoms with Crippen LogP contribution in [-0.4, -0.2) is 11.0 Å². The van der Waals surface area contributed by atoms with Crippen LogP contribution in [0.4, 0.5) is 5.69 Å². The van der Waals surface area contributed by atoms with E-state index in [1.807, 2.05) is 29.6 Å². The number of carbonyl (C=O) groups is 1. The lowest BCUT2D eigenvalue weighted by molar-refractivity contribution is 0.0946. The van der Waals surface area contributed by atoms with Crippen LogP contribution in [0.25, 0.3) is 10.1 Å². The van der Waals surface area contributed by atoms with Crippen LogP contribution in [0.3, 0.4) is 0 Å². The molecule has 0 bridgehead atoms. The summed E-state index contributed by atoms with van der Waals surface area (Å²) in [7, 11) is 0. The number of hydrogen-bond acceptors (Lipinski definition) is 3. The number of fused-ring (bicyclic) bond motifs is 1. The number of thiophene rings is 1. The third-order valence-electron chi connectivity index (χ3n) is 3.21. The number of halogens is 2. The normalized spacial score (nSPS) is 10.4. The fraction of sp³-hybridized carbons (Fsp3) is 0. The molecule has 122 valence electrons. The van der Waals surface area contributed by atoms with Crippen molar-refractivity contribution >= 4 is 73.5 Å². The van der Waals surface area contributed by atoms with Crippen molar-refractivity contribution < 1.29 is 4.79 Å². The van der Waals surface area contributed by atoms with Crippen LogP contribution in [-0.2, 0) is 0 Å². The van der Waals surface area contributed by atoms with Crippen LogP contribution < -0.4 is 16.2 Å². The Hall–Kier alpha value is -1.86. The molecule has 0 spiro atoms. The summed E-state index contributed by atoms with van der Waals surface area (Å²) in [4.78, 5) is 12.3. The van der Waals surface area contributed by atoms with Gasteiger partial charge in [0.1, 0.15) is 0 Å². The molecule has 0 aliphatic heterocycles. The molecule has 1 aromatic heterocycles. The summed E-state index contributed by atoms with van der Waals surface area (Å²) in [6.45, 7) is 0. The lowest BCUT2D eigenvalue weighted by Crippen LogP contribution is -2.43. The molecule has 2 aromatic carbocycles. The topological polar surface area (TPSA) is 53.2 Å². The van der Waals surface area contributed by atoms with Gasteiger partial charge in [0.15, 0.2) is 5.11 Å². The third-order valence-corrected chi connectivity index (χ3v) is 5.20. The average molecular weight is 396 g/mol. The lowest BCUT2D eigenvalue weighted by atomic mass is 10.2. The van der Waals surface area contributed by atoms with Crippen LogP contribution in [0, 0.1) is 0 Å². The smallest absolute Gasteiger partial charge is 0.271 e. The number of anilines is 1. The highest BCUT2D eigenvalue weighted by atomic mass is 35.5. The monoisotopic (exact) mass is 395 g/mol. The molecular formula is C16H11Cl2N3OS2. The average Bonchev–Trinajstić information content (AvgIpc) is 3.01. The number of benzene rings is 2. The number of hydrogen-bond donors (Lipinski definition) is 3. The minimum Gasteiger partial charge on any atom is -0.330 e. The molecule has 0 saturated heterocycles. The van der Waals surface area contributed by atoms with Crippen molar-refractivity contribution in [2.75, 3.05) is 5.32 Å². The summed E-state index contributed by atoms with van der Waals surface area (Å²) in [5.41, 5.74) is 6.37. The van der Waals surface area contributed by atoms with E-state index in [0.29, 0.717) is 21.3 Å². The van der Waals surface area contributed by atoms with Crippen molar-refractivity contribution in [1.29, 1.82) is 0 Å². The Morgan fingerprint density at radius 2 is 1.83 bits per heavy atom. The van der Waals surface area contributed by atoms with Crippen molar-refractivity contribution in [3.63, 3.8) is 0 Å². The second-order valence-corrected chi connectivity index (χ2v) is 6.88. The van der Waals surface area contributed by atoms with Crippen LogP contribution in [0.2, 0.25) is 10.0 Å². The van der Waals surface area contributed by atoms with Gasteiger partial charge in [0, 0.05) is 15.5 Å². The standard InChI is InChI=1S/C16H11Cl2N3OS2/c17-11-5-3-6-12(14(11)18)19-16(23)21-20-15(22)10-8-24-13-7-2-1-4-9(10)13/h1-8H,(H,20,22)(H2,19,21,23). The molecule has 0 saturated carbocycles. The van der Waals surface area contributed by atoms with Gasteiger partial charge in [-0.2, -0.15) is 0 Å². The number of hydrazine groups is 1. The molecule has 0 aliphatic carbocycles. The molecule has 3 aromatic rings. The van der Waals surface area contributed by atoms with E-state index >= 15 is 0 Å². The summed E-state index contributed by atoms with van der Waals surface area (Å²) < 4.78 is 1.05. The van der Waals surface area contributed by atoms with Gasteiger partial charge in [0.25, 0.3) is 5.91 Å². The first kappa shape index (κ1) is 17.0. The predicted molar refractivity (Wildman–Crippen MR) is 105 cm³/mol. The fourth-order valence-corrected chi connectivity index (χ4v) is 3.54. The molecule has 0 fully saturated rings. The lowest BCUT2D eigenvalue weighted by Gasteiger charge is -2.12. The summed E-state index contributed by atoms with van der Waals surface area (Å²) in [6, 6.07) is 12.9. The third kappa shape index (κ3) is 3.62. The molecule has 0 aliphatic rings. The Morgan fingerprint density at radius 1 is 1.04 bits per heavy atom. The Kier molecular flexibility index (Phi) is 5.20. The van der Waals surface area contributed by atoms with Crippen molar-refractivity contribution in [2.45, 2.75) is 0 Å². The van der Waals surface area contributed by atoms with Crippen molar-refractivity contribution in [3.05, 3.63) is 63.5 Å². The molecular weight excluding hydrogens is 385 g/mol. The first-order valence-electron chi connectivity index (χ1n) is 6.84. The first-order chi connectivity index (χ1) is 11.6. The maximum absolute atomic E-state index is 12.3. The zero-order valence-corrected chi connectivity index (χ0v) is 15.2. The predicted octanol–water partition coefficient (Wildman–Crippen LogP) is 4.84. The molecule has 24 heavy (non-hydrogen) atoms. The zero-order valence-electron chi connectivity index (χ0n) is 12.1. The van der Waals surface area contributed by atoms with Crippen molar-refractivity contribution in [1.82, 2.24) is 10.9 Å². The highest BCUT2D eigenvalue weighted by Crippen LogP contribution is 2.29. The molecule has 3 N–H and O–H groups in total. The van der Waals surface area contributed by atoms with Crippen LogP contribution >= 0.6 is 46.8 Å². The highest BCUT2D eigenvalue weighted by Gasteiger charge is 2.12. The van der Waals surface area contributed by atoms with E-state index in [9.17, 15) is 4.79 Å². The second-order valence-electron chi connectivity index (χ2n) is 4.78. The maximum Gasteiger partial charge on any atom is 0.271 e. The van der Waals surface area contributed by atoms with Gasteiger partial charge in [-0.25, -0.2) is 0 Å². The van der Waals surface area contributed by atoms with E-state index in [4.69, 9.17) is 35.4 Å². The van der Waals surface area contributed by atoms with E-state index in [-0.39, 0.29) is 11.0 Å². The molecule has 4 nitrogen and oxygen atoms in total. The Bertz CT molecular complexity index is 927. The molecule has 1 amide bonds. The van der Waals surface area contributed by atoms with Crippen molar-refractivity contribution in [2.24, 2.45) is 0 Å². The van der Waals surface area contributed by atoms with Gasteiger partial charge in [-0.05, 0) is 30.4 Å². The molecule has 0 radical (unpaired) electrons. The Balaban J connectivity index is 1.64. The molecule has 8 heteroatoms. The first-order valence-corrected chi connectivity index (χ1v) is 8.88. The summed E-state index contributed by atoms with van der Waals surface area (Å²) in [5.74, 6) is -0.270. The van der Waals surface area contributed by atoms with Gasteiger partial charge in [-0.3, -0.25) is 15.6 Å². The van der Waals surface area contributed by atoms with Crippen molar-refractivity contribution in [3.8, 4) is 0 Å². The Labute approximate surface area is 157 Å². The molecule has 0 atom stereocenters. The number of rotatable bonds is 2. The number of nitrogens with one attached hydrogen (secondary N) is 3. The second kappa shape index (κ2) is 7.36. The summed E-state index contributed by atoms with van der Waals surface area (Å²) >= 11 is 18.7. The van der Waals surface area contributed by atoms with E-state index in [1.54, 1.807) is 18.2 Å². The van der Waals surface area contributed by atoms with Gasteiger partial charge >= 0.3 is 0 Å². The van der Waals surface area contributed by atoms with Crippen LogP contribution in [0.15, 0.2) is 47.8 Å². The number of amides is 1. The Morgan fingerprint density at radius 3 is 2.67 bits per heavy atom. The molecule has 1 heterocycles. The van der Waals surface area contributed by atoms with E-state index in [0.717, 1.165) is 10.1 Å². The van der Waals surface area contributed by atoms with Gasteiger partial charge < -0.3 is 5.32 Å². The summed E-state index contributed by atoms with van der Waals surface area (Å²) in [5, 5.41) is 6.57. The van der Waals surface area contributed by atoms with E-state index < -0.39 is 0 Å². The van der Waals surface area contributed by atoms with Gasteiger partial charge in [-0.1, -0.05) is 47.5 Å². The minimum atomic E-state index is -0.270. The molecule has 0 unspecified atom stereocenters. The SMILES string of the molecule is O=C(NNC(=S)Nc1cccc(Cl)c1Cl)c1csc2ccccc12. The quantitative estimate of drug-likeness (QED) is 0.429. The number of thiocarbonyl (C=S) groups is 1. The zero-order chi connectivity index (χ0) is 17.1. The highest BCUT2D eigenvalue weighted by molar-refractivity contribution is 7.80. The van der Waals surface area contributed by atoms with Crippen LogP contribution in [0.1, 0.15) is 10.4 Å². The minimum absolute atomic E-state index is 0.201. The van der Waals surface area contributed by atoms with E-state index in [2.05, 4.69) is 16.2 Å². The summed E-state index contributed by atoms with van der Waals surface area (Å²) in [6.07, 6.45) is 0. The van der Waals surface area contributed by atoms with E-state index in [1.165, 1.54) is 11.3 Å².